The number of hydrogen-bond acceptors (Lipinski definition) is 4. The molecular weight excluding hydrogens is 316 g/mol. The summed E-state index contributed by atoms with van der Waals surface area (Å²) < 4.78 is 30.4. The summed E-state index contributed by atoms with van der Waals surface area (Å²) in [4.78, 5) is 14.1. The Morgan fingerprint density at radius 3 is 2.57 bits per heavy atom. The highest BCUT2D eigenvalue weighted by Crippen LogP contribution is 2.20. The quantitative estimate of drug-likeness (QED) is 0.843. The molecule has 1 heterocycles. The molecule has 2 rings (SSSR count). The molecule has 1 fully saturated rings. The van der Waals surface area contributed by atoms with Crippen LogP contribution in [-0.4, -0.2) is 51.7 Å². The van der Waals surface area contributed by atoms with Crippen LogP contribution < -0.4 is 9.46 Å². The molecule has 6 nitrogen and oxygen atoms in total. The van der Waals surface area contributed by atoms with Crippen LogP contribution in [0.25, 0.3) is 0 Å². The van der Waals surface area contributed by atoms with Crippen LogP contribution in [0.2, 0.25) is 0 Å². The number of para-hydroxylation sites is 1. The normalized spacial score (nSPS) is 16.3. The molecule has 7 heteroatoms. The second kappa shape index (κ2) is 7.79. The van der Waals surface area contributed by atoms with Gasteiger partial charge >= 0.3 is 0 Å². The third kappa shape index (κ3) is 5.51. The van der Waals surface area contributed by atoms with E-state index in [-0.39, 0.29) is 11.9 Å². The highest BCUT2D eigenvalue weighted by Gasteiger charge is 2.24. The van der Waals surface area contributed by atoms with Crippen molar-refractivity contribution in [1.29, 1.82) is 0 Å². The first-order chi connectivity index (χ1) is 10.9. The highest BCUT2D eigenvalue weighted by atomic mass is 32.2. The molecule has 128 valence electrons. The number of carbonyl (C=O) groups is 1. The van der Waals surface area contributed by atoms with E-state index in [0.717, 1.165) is 17.6 Å². The summed E-state index contributed by atoms with van der Waals surface area (Å²) in [7, 11) is -1.56. The van der Waals surface area contributed by atoms with Gasteiger partial charge in [0.1, 0.15) is 5.75 Å². The van der Waals surface area contributed by atoms with Crippen LogP contribution in [0, 0.1) is 0 Å². The number of aryl methyl sites for hydroxylation is 1. The van der Waals surface area contributed by atoms with E-state index in [1.54, 1.807) is 7.11 Å². The number of hydrogen-bond donors (Lipinski definition) is 1. The zero-order valence-electron chi connectivity index (χ0n) is 13.6. The van der Waals surface area contributed by atoms with Crippen LogP contribution in [0.4, 0.5) is 0 Å². The number of rotatable bonds is 6. The molecule has 23 heavy (non-hydrogen) atoms. The largest absolute Gasteiger partial charge is 0.496 e. The molecule has 0 aromatic heterocycles. The molecule has 1 aliphatic heterocycles. The molecule has 0 bridgehead atoms. The summed E-state index contributed by atoms with van der Waals surface area (Å²) in [6.45, 7) is 1.19. The summed E-state index contributed by atoms with van der Waals surface area (Å²) in [6.07, 6.45) is 3.56. The van der Waals surface area contributed by atoms with Crippen molar-refractivity contribution in [3.05, 3.63) is 29.8 Å². The third-order valence-corrected chi connectivity index (χ3v) is 4.79. The van der Waals surface area contributed by atoms with Crippen molar-refractivity contribution < 1.29 is 17.9 Å². The van der Waals surface area contributed by atoms with Crippen LogP contribution in [-0.2, 0) is 21.2 Å². The summed E-state index contributed by atoms with van der Waals surface area (Å²) in [5.41, 5.74) is 1.02. The molecule has 0 saturated carbocycles. The number of methoxy groups -OCH3 is 1. The SMILES string of the molecule is COc1ccccc1CCC(=O)N1CCC(NS(C)(=O)=O)CC1. The number of piperidine rings is 1. The molecule has 1 aliphatic rings. The van der Waals surface area contributed by atoms with E-state index in [2.05, 4.69) is 4.72 Å². The van der Waals surface area contributed by atoms with Crippen molar-refractivity contribution in [2.75, 3.05) is 26.5 Å². The topological polar surface area (TPSA) is 75.7 Å². The zero-order valence-corrected chi connectivity index (χ0v) is 14.4. The summed E-state index contributed by atoms with van der Waals surface area (Å²) in [5.74, 6) is 0.907. The lowest BCUT2D eigenvalue weighted by atomic mass is 10.0. The summed E-state index contributed by atoms with van der Waals surface area (Å²) in [6, 6.07) is 7.63. The number of likely N-dealkylation sites (tertiary alicyclic amines) is 1. The van der Waals surface area contributed by atoms with Gasteiger partial charge in [0.2, 0.25) is 15.9 Å². The van der Waals surface area contributed by atoms with Gasteiger partial charge in [-0.25, -0.2) is 13.1 Å². The van der Waals surface area contributed by atoms with Crippen molar-refractivity contribution in [3.63, 3.8) is 0 Å². The molecule has 1 amide bonds. The number of ether oxygens (including phenoxy) is 1. The number of nitrogens with one attached hydrogen (secondary N) is 1. The minimum absolute atomic E-state index is 0.0664. The van der Waals surface area contributed by atoms with Crippen LogP contribution in [0.3, 0.4) is 0 Å². The van der Waals surface area contributed by atoms with Crippen LogP contribution in [0.15, 0.2) is 24.3 Å². The molecule has 0 atom stereocenters. The third-order valence-electron chi connectivity index (χ3n) is 4.03. The Morgan fingerprint density at radius 1 is 1.30 bits per heavy atom. The van der Waals surface area contributed by atoms with Gasteiger partial charge in [-0.15, -0.1) is 0 Å². The van der Waals surface area contributed by atoms with E-state index in [9.17, 15) is 13.2 Å². The van der Waals surface area contributed by atoms with E-state index in [1.165, 1.54) is 0 Å². The Morgan fingerprint density at radius 2 is 1.96 bits per heavy atom. The highest BCUT2D eigenvalue weighted by molar-refractivity contribution is 7.88. The van der Waals surface area contributed by atoms with E-state index in [1.807, 2.05) is 29.2 Å². The molecule has 0 unspecified atom stereocenters. The Balaban J connectivity index is 1.81. The van der Waals surface area contributed by atoms with E-state index in [4.69, 9.17) is 4.74 Å². The molecule has 1 N–H and O–H groups in total. The van der Waals surface area contributed by atoms with Crippen molar-refractivity contribution in [3.8, 4) is 5.75 Å². The van der Waals surface area contributed by atoms with Gasteiger partial charge in [-0.05, 0) is 30.9 Å². The molecule has 1 saturated heterocycles. The van der Waals surface area contributed by atoms with E-state index < -0.39 is 10.0 Å². The minimum Gasteiger partial charge on any atom is -0.496 e. The molecule has 0 radical (unpaired) electrons. The monoisotopic (exact) mass is 340 g/mol. The van der Waals surface area contributed by atoms with Crippen LogP contribution in [0.1, 0.15) is 24.8 Å². The fourth-order valence-corrected chi connectivity index (χ4v) is 3.70. The van der Waals surface area contributed by atoms with E-state index in [0.29, 0.717) is 38.8 Å². The molecule has 0 spiro atoms. The van der Waals surface area contributed by atoms with E-state index >= 15 is 0 Å². The number of nitrogens with zero attached hydrogens (tertiary/aromatic N) is 1. The number of sulfonamides is 1. The van der Waals surface area contributed by atoms with Gasteiger partial charge in [-0.3, -0.25) is 4.79 Å². The molecule has 1 aromatic carbocycles. The van der Waals surface area contributed by atoms with Crippen molar-refractivity contribution in [1.82, 2.24) is 9.62 Å². The second-order valence-electron chi connectivity index (χ2n) is 5.86. The first-order valence-corrected chi connectivity index (χ1v) is 9.65. The Hall–Kier alpha value is -1.60. The smallest absolute Gasteiger partial charge is 0.222 e. The van der Waals surface area contributed by atoms with Crippen molar-refractivity contribution in [2.45, 2.75) is 31.7 Å². The second-order valence-corrected chi connectivity index (χ2v) is 7.64. The first-order valence-electron chi connectivity index (χ1n) is 7.76. The Labute approximate surface area is 137 Å². The predicted octanol–water partition coefficient (Wildman–Crippen LogP) is 1.17. The molecular formula is C16H24N2O4S. The lowest BCUT2D eigenvalue weighted by molar-refractivity contribution is -0.132. The first kappa shape index (κ1) is 17.7. The van der Waals surface area contributed by atoms with Gasteiger partial charge < -0.3 is 9.64 Å². The standard InChI is InChI=1S/C16H24N2O4S/c1-22-15-6-4-3-5-13(15)7-8-16(19)18-11-9-14(10-12-18)17-23(2,20)21/h3-6,14,17H,7-12H2,1-2H3. The van der Waals surface area contributed by atoms with Crippen LogP contribution in [0.5, 0.6) is 5.75 Å². The average molecular weight is 340 g/mol. The number of benzene rings is 1. The lowest BCUT2D eigenvalue weighted by Crippen LogP contribution is -2.46. The Bertz CT molecular complexity index is 637. The fraction of sp³-hybridized carbons (Fsp3) is 0.562. The van der Waals surface area contributed by atoms with Crippen molar-refractivity contribution >= 4 is 15.9 Å². The van der Waals surface area contributed by atoms with Crippen LogP contribution >= 0.6 is 0 Å². The van der Waals surface area contributed by atoms with Gasteiger partial charge in [-0.2, -0.15) is 0 Å². The molecule has 0 aliphatic carbocycles. The lowest BCUT2D eigenvalue weighted by Gasteiger charge is -2.32. The maximum absolute atomic E-state index is 12.3. The maximum atomic E-state index is 12.3. The van der Waals surface area contributed by atoms with Gasteiger partial charge in [0.05, 0.1) is 13.4 Å². The molecule has 1 aromatic rings. The van der Waals surface area contributed by atoms with Gasteiger partial charge in [-0.1, -0.05) is 18.2 Å². The summed E-state index contributed by atoms with van der Waals surface area (Å²) >= 11 is 0. The minimum atomic E-state index is -3.18. The van der Waals surface area contributed by atoms with Gasteiger partial charge in [0, 0.05) is 25.6 Å². The van der Waals surface area contributed by atoms with Gasteiger partial charge in [0.25, 0.3) is 0 Å². The maximum Gasteiger partial charge on any atom is 0.222 e. The zero-order chi connectivity index (χ0) is 16.9. The fourth-order valence-electron chi connectivity index (χ4n) is 2.86. The predicted molar refractivity (Wildman–Crippen MR) is 88.9 cm³/mol. The number of amides is 1. The average Bonchev–Trinajstić information content (AvgIpc) is 2.52. The Kier molecular flexibility index (Phi) is 6.01. The van der Waals surface area contributed by atoms with Gasteiger partial charge in [0.15, 0.2) is 0 Å². The van der Waals surface area contributed by atoms with Crippen molar-refractivity contribution in [2.24, 2.45) is 0 Å². The summed E-state index contributed by atoms with van der Waals surface area (Å²) in [5, 5.41) is 0. The number of carbonyl (C=O) groups excluding carboxylic acids is 1.